The van der Waals surface area contributed by atoms with Crippen LogP contribution in [0.2, 0.25) is 5.02 Å². The lowest BCUT2D eigenvalue weighted by molar-refractivity contribution is -0.564. The Hall–Kier alpha value is -1.88. The van der Waals surface area contributed by atoms with Gasteiger partial charge in [0.25, 0.3) is 0 Å². The molecule has 1 saturated carbocycles. The van der Waals surface area contributed by atoms with E-state index in [-0.39, 0.29) is 5.92 Å². The van der Waals surface area contributed by atoms with Crippen LogP contribution in [0.25, 0.3) is 0 Å². The van der Waals surface area contributed by atoms with Crippen molar-refractivity contribution in [1.82, 2.24) is 0 Å². The van der Waals surface area contributed by atoms with Crippen LogP contribution in [0.1, 0.15) is 17.9 Å². The second-order valence-electron chi connectivity index (χ2n) is 5.52. The quantitative estimate of drug-likeness (QED) is 0.262. The summed E-state index contributed by atoms with van der Waals surface area (Å²) < 4.78 is 5.24. The van der Waals surface area contributed by atoms with Crippen molar-refractivity contribution in [2.45, 2.75) is 17.9 Å². The zero-order valence-electron chi connectivity index (χ0n) is 10.3. The second-order valence-corrected chi connectivity index (χ2v) is 5.96. The topological polar surface area (TPSA) is 69.4 Å². The van der Waals surface area contributed by atoms with Crippen LogP contribution in [0.15, 0.2) is 30.4 Å². The van der Waals surface area contributed by atoms with E-state index in [4.69, 9.17) is 16.3 Å². The maximum absolute atomic E-state index is 12.3. The minimum Gasteiger partial charge on any atom is -0.421 e. The van der Waals surface area contributed by atoms with Crippen LogP contribution in [0, 0.1) is 22.0 Å². The normalized spacial score (nSPS) is 36.5. The molecule has 0 spiro atoms. The van der Waals surface area contributed by atoms with Gasteiger partial charge >= 0.3 is 11.5 Å². The minimum atomic E-state index is -1.68. The summed E-state index contributed by atoms with van der Waals surface area (Å²) in [5.74, 6) is -1.24. The first-order chi connectivity index (χ1) is 9.55. The van der Waals surface area contributed by atoms with Crippen molar-refractivity contribution in [2.75, 3.05) is 0 Å². The van der Waals surface area contributed by atoms with Gasteiger partial charge in [0.1, 0.15) is 5.75 Å². The van der Waals surface area contributed by atoms with E-state index in [2.05, 4.69) is 0 Å². The number of fused-ring (bicyclic) bond motifs is 7. The molecule has 102 valence electrons. The SMILES string of the molecule is O=C1Oc2ccc(Cl)cc2[C@@H]2[C@H]3C=C[C@H](C3)[C@]12[N+](=O)[O-]. The maximum Gasteiger partial charge on any atom is 0.391 e. The van der Waals surface area contributed by atoms with Gasteiger partial charge in [0.05, 0.1) is 11.8 Å². The number of rotatable bonds is 1. The molecule has 1 heterocycles. The van der Waals surface area contributed by atoms with Gasteiger partial charge in [0.2, 0.25) is 0 Å². The summed E-state index contributed by atoms with van der Waals surface area (Å²) in [6.07, 6.45) is 4.37. The van der Waals surface area contributed by atoms with E-state index in [9.17, 15) is 14.9 Å². The molecule has 2 bridgehead atoms. The maximum atomic E-state index is 12.3. The average Bonchev–Trinajstić information content (AvgIpc) is 2.99. The molecule has 0 aromatic heterocycles. The number of esters is 1. The van der Waals surface area contributed by atoms with Crippen molar-refractivity contribution in [3.05, 3.63) is 51.1 Å². The summed E-state index contributed by atoms with van der Waals surface area (Å²) in [6, 6.07) is 4.91. The Balaban J connectivity index is 2.01. The summed E-state index contributed by atoms with van der Waals surface area (Å²) in [5, 5.41) is 12.2. The molecule has 0 radical (unpaired) electrons. The molecule has 1 aromatic carbocycles. The number of hydrogen-bond acceptors (Lipinski definition) is 4. The van der Waals surface area contributed by atoms with Crippen LogP contribution >= 0.6 is 11.6 Å². The lowest BCUT2D eigenvalue weighted by Gasteiger charge is -2.36. The van der Waals surface area contributed by atoms with E-state index in [1.807, 2.05) is 6.08 Å². The summed E-state index contributed by atoms with van der Waals surface area (Å²) in [6.45, 7) is 0. The van der Waals surface area contributed by atoms with Crippen molar-refractivity contribution < 1.29 is 14.5 Å². The van der Waals surface area contributed by atoms with Gasteiger partial charge in [-0.1, -0.05) is 23.8 Å². The molecule has 0 amide bonds. The number of benzene rings is 1. The number of hydrogen-bond donors (Lipinski definition) is 0. The first-order valence-electron chi connectivity index (χ1n) is 6.39. The van der Waals surface area contributed by atoms with E-state index < -0.39 is 28.3 Å². The van der Waals surface area contributed by atoms with Crippen molar-refractivity contribution >= 4 is 17.6 Å². The van der Waals surface area contributed by atoms with Gasteiger partial charge in [0.15, 0.2) is 0 Å². The standard InChI is InChI=1S/C14H10ClNO4/c15-9-3-4-11-10(6-9)12-7-1-2-8(5-7)14(12,16(18)19)13(17)20-11/h1-4,6-8,12H,5H2/t7-,8+,12-,14+/m0/s1. The van der Waals surface area contributed by atoms with E-state index >= 15 is 0 Å². The molecule has 4 atom stereocenters. The number of nitro groups is 1. The van der Waals surface area contributed by atoms with Crippen LogP contribution < -0.4 is 4.74 Å². The zero-order chi connectivity index (χ0) is 14.1. The third-order valence-corrected chi connectivity index (χ3v) is 4.96. The Morgan fingerprint density at radius 2 is 2.20 bits per heavy atom. The molecular formula is C14H10ClNO4. The van der Waals surface area contributed by atoms with Gasteiger partial charge < -0.3 is 4.74 Å². The Morgan fingerprint density at radius 1 is 1.40 bits per heavy atom. The molecule has 20 heavy (non-hydrogen) atoms. The van der Waals surface area contributed by atoms with Gasteiger partial charge in [-0.2, -0.15) is 0 Å². The highest BCUT2D eigenvalue weighted by Gasteiger charge is 2.73. The third-order valence-electron chi connectivity index (χ3n) is 4.72. The number of nitrogens with zero attached hydrogens (tertiary/aromatic N) is 1. The molecule has 1 fully saturated rings. The number of ether oxygens (including phenoxy) is 1. The van der Waals surface area contributed by atoms with Gasteiger partial charge in [-0.3, -0.25) is 10.1 Å². The summed E-state index contributed by atoms with van der Waals surface area (Å²) >= 11 is 6.00. The minimum absolute atomic E-state index is 0.00420. The van der Waals surface area contributed by atoms with Crippen molar-refractivity contribution in [3.63, 3.8) is 0 Å². The van der Waals surface area contributed by atoms with Gasteiger partial charge in [-0.15, -0.1) is 0 Å². The fraction of sp³-hybridized carbons (Fsp3) is 0.357. The van der Waals surface area contributed by atoms with E-state index in [1.54, 1.807) is 24.3 Å². The molecule has 6 heteroatoms. The first kappa shape index (κ1) is 11.9. The molecular weight excluding hydrogens is 282 g/mol. The van der Waals surface area contributed by atoms with Crippen LogP contribution in [-0.2, 0) is 4.79 Å². The van der Waals surface area contributed by atoms with Crippen molar-refractivity contribution in [3.8, 4) is 5.75 Å². The second kappa shape index (κ2) is 3.61. The van der Waals surface area contributed by atoms with Crippen LogP contribution in [0.5, 0.6) is 5.75 Å². The van der Waals surface area contributed by atoms with Crippen LogP contribution in [-0.4, -0.2) is 16.4 Å². The first-order valence-corrected chi connectivity index (χ1v) is 6.77. The number of carbonyl (C=O) groups is 1. The van der Waals surface area contributed by atoms with Gasteiger partial charge in [-0.05, 0) is 30.5 Å². The molecule has 5 nitrogen and oxygen atoms in total. The molecule has 0 saturated heterocycles. The van der Waals surface area contributed by atoms with E-state index in [0.717, 1.165) is 0 Å². The lowest BCUT2D eigenvalue weighted by atomic mass is 9.71. The Kier molecular flexibility index (Phi) is 2.15. The predicted molar refractivity (Wildman–Crippen MR) is 70.3 cm³/mol. The highest BCUT2D eigenvalue weighted by atomic mass is 35.5. The predicted octanol–water partition coefficient (Wildman–Crippen LogP) is 2.56. The van der Waals surface area contributed by atoms with Gasteiger partial charge in [0, 0.05) is 15.5 Å². The fourth-order valence-electron chi connectivity index (χ4n) is 3.96. The third kappa shape index (κ3) is 1.17. The summed E-state index contributed by atoms with van der Waals surface area (Å²) in [4.78, 5) is 23.6. The Bertz CT molecular complexity index is 686. The Morgan fingerprint density at radius 3 is 2.95 bits per heavy atom. The summed E-state index contributed by atoms with van der Waals surface area (Å²) in [7, 11) is 0. The van der Waals surface area contributed by atoms with Crippen molar-refractivity contribution in [2.24, 2.45) is 11.8 Å². The highest BCUT2D eigenvalue weighted by molar-refractivity contribution is 6.30. The molecule has 1 aromatic rings. The van der Waals surface area contributed by atoms with Gasteiger partial charge in [-0.25, -0.2) is 4.79 Å². The zero-order valence-corrected chi connectivity index (χ0v) is 11.0. The lowest BCUT2D eigenvalue weighted by Crippen LogP contribution is -2.58. The average molecular weight is 292 g/mol. The monoisotopic (exact) mass is 291 g/mol. The van der Waals surface area contributed by atoms with Crippen LogP contribution in [0.3, 0.4) is 0 Å². The fourth-order valence-corrected chi connectivity index (χ4v) is 4.14. The molecule has 3 aliphatic rings. The molecule has 2 aliphatic carbocycles. The molecule has 1 aliphatic heterocycles. The Labute approximate surface area is 119 Å². The largest absolute Gasteiger partial charge is 0.421 e. The van der Waals surface area contributed by atoms with E-state index in [0.29, 0.717) is 22.8 Å². The number of halogens is 1. The molecule has 0 unspecified atom stereocenters. The summed E-state index contributed by atoms with van der Waals surface area (Å²) in [5.41, 5.74) is -1.01. The van der Waals surface area contributed by atoms with Crippen LogP contribution in [0.4, 0.5) is 0 Å². The highest BCUT2D eigenvalue weighted by Crippen LogP contribution is 2.60. The molecule has 4 rings (SSSR count). The smallest absolute Gasteiger partial charge is 0.391 e. The molecule has 0 N–H and O–H groups in total. The number of allylic oxidation sites excluding steroid dienone is 1. The van der Waals surface area contributed by atoms with Crippen molar-refractivity contribution in [1.29, 1.82) is 0 Å². The number of carbonyl (C=O) groups excluding carboxylic acids is 1. The van der Waals surface area contributed by atoms with E-state index in [1.165, 1.54) is 0 Å².